The van der Waals surface area contributed by atoms with Crippen molar-refractivity contribution in [1.29, 1.82) is 0 Å². The molecule has 1 aromatic carbocycles. The van der Waals surface area contributed by atoms with Crippen molar-refractivity contribution in [2.75, 3.05) is 20.3 Å². The summed E-state index contributed by atoms with van der Waals surface area (Å²) < 4.78 is 5.43. The van der Waals surface area contributed by atoms with Crippen molar-refractivity contribution >= 4 is 17.7 Å². The Hall–Kier alpha value is -2.45. The maximum atomic E-state index is 13.6. The molecule has 3 amide bonds. The van der Waals surface area contributed by atoms with Gasteiger partial charge in [0.05, 0.1) is 6.04 Å². The molecule has 2 aliphatic rings. The van der Waals surface area contributed by atoms with Gasteiger partial charge >= 0.3 is 0 Å². The van der Waals surface area contributed by atoms with E-state index in [0.717, 1.165) is 11.1 Å². The minimum absolute atomic E-state index is 0.0463. The molecule has 8 nitrogen and oxygen atoms in total. The highest BCUT2D eigenvalue weighted by molar-refractivity contribution is 5.93. The van der Waals surface area contributed by atoms with Crippen LogP contribution in [0.2, 0.25) is 0 Å². The highest BCUT2D eigenvalue weighted by Gasteiger charge is 2.40. The van der Waals surface area contributed by atoms with Gasteiger partial charge < -0.3 is 26.0 Å². The first kappa shape index (κ1) is 21.3. The molecule has 158 valence electrons. The first-order chi connectivity index (χ1) is 13.9. The number of hydrogen-bond donors (Lipinski definition) is 3. The molecule has 0 bridgehead atoms. The largest absolute Gasteiger partial charge is 0.381 e. The van der Waals surface area contributed by atoms with Gasteiger partial charge in [-0.15, -0.1) is 0 Å². The van der Waals surface area contributed by atoms with E-state index in [1.54, 1.807) is 14.0 Å². The van der Waals surface area contributed by atoms with Crippen LogP contribution in [-0.4, -0.2) is 61.0 Å². The number of nitrogens with one attached hydrogen (secondary N) is 2. The number of ether oxygens (including phenoxy) is 1. The van der Waals surface area contributed by atoms with E-state index in [0.29, 0.717) is 39.0 Å². The molecule has 0 aromatic heterocycles. The smallest absolute Gasteiger partial charge is 0.246 e. The normalized spacial score (nSPS) is 21.7. The number of fused-ring (bicyclic) bond motifs is 1. The Morgan fingerprint density at radius 1 is 1.17 bits per heavy atom. The fraction of sp³-hybridized carbons (Fsp3) is 0.571. The molecule has 2 aliphatic heterocycles. The van der Waals surface area contributed by atoms with Crippen molar-refractivity contribution < 1.29 is 19.1 Å². The molecule has 0 saturated carbocycles. The average Bonchev–Trinajstić information content (AvgIpc) is 2.75. The van der Waals surface area contributed by atoms with Gasteiger partial charge in [-0.1, -0.05) is 24.3 Å². The number of nitrogens with two attached hydrogens (primary N) is 1. The van der Waals surface area contributed by atoms with Crippen molar-refractivity contribution in [2.24, 2.45) is 11.7 Å². The maximum absolute atomic E-state index is 13.6. The minimum Gasteiger partial charge on any atom is -0.381 e. The highest BCUT2D eigenvalue weighted by atomic mass is 16.5. The number of amides is 3. The molecule has 0 spiro atoms. The molecule has 8 heteroatoms. The lowest BCUT2D eigenvalue weighted by atomic mass is 9.88. The van der Waals surface area contributed by atoms with Gasteiger partial charge in [0, 0.05) is 26.2 Å². The molecule has 1 saturated heterocycles. The second-order valence-electron chi connectivity index (χ2n) is 7.80. The number of likely N-dealkylation sites (N-methyl/N-ethyl adjacent to an activating group) is 1. The Kier molecular flexibility index (Phi) is 6.87. The fourth-order valence-electron chi connectivity index (χ4n) is 4.03. The molecule has 0 radical (unpaired) electrons. The fourth-order valence-corrected chi connectivity index (χ4v) is 4.03. The molecule has 1 unspecified atom stereocenters. The molecular weight excluding hydrogens is 372 g/mol. The van der Waals surface area contributed by atoms with Crippen LogP contribution in [0, 0.1) is 5.92 Å². The molecule has 29 heavy (non-hydrogen) atoms. The topological polar surface area (TPSA) is 114 Å². The summed E-state index contributed by atoms with van der Waals surface area (Å²) in [6.45, 7) is 3.14. The van der Waals surface area contributed by atoms with Crippen molar-refractivity contribution in [3.8, 4) is 0 Å². The third-order valence-electron chi connectivity index (χ3n) is 5.99. The zero-order valence-electron chi connectivity index (χ0n) is 17.0. The number of hydrogen-bond acceptors (Lipinski definition) is 5. The van der Waals surface area contributed by atoms with Crippen molar-refractivity contribution in [3.63, 3.8) is 0 Å². The van der Waals surface area contributed by atoms with Gasteiger partial charge in [0.15, 0.2) is 0 Å². The SMILES string of the molecule is CN[C@@H](C)C(=O)N[C@H](C(=O)N1Cc2ccccc2CC1C(N)=O)C1CCOCC1. The summed E-state index contributed by atoms with van der Waals surface area (Å²) in [6.07, 6.45) is 1.74. The van der Waals surface area contributed by atoms with Crippen molar-refractivity contribution in [2.45, 2.75) is 50.9 Å². The van der Waals surface area contributed by atoms with Crippen molar-refractivity contribution in [1.82, 2.24) is 15.5 Å². The Labute approximate surface area is 171 Å². The third kappa shape index (κ3) is 4.76. The molecule has 2 heterocycles. The van der Waals surface area contributed by atoms with Crippen LogP contribution in [-0.2, 0) is 32.1 Å². The van der Waals surface area contributed by atoms with Crippen LogP contribution in [0.15, 0.2) is 24.3 Å². The van der Waals surface area contributed by atoms with Crippen molar-refractivity contribution in [3.05, 3.63) is 35.4 Å². The van der Waals surface area contributed by atoms with Gasteiger partial charge in [0.2, 0.25) is 17.7 Å². The van der Waals surface area contributed by atoms with Gasteiger partial charge in [-0.05, 0) is 43.9 Å². The van der Waals surface area contributed by atoms with Gasteiger partial charge in [-0.3, -0.25) is 14.4 Å². The first-order valence-electron chi connectivity index (χ1n) is 10.1. The molecule has 4 N–H and O–H groups in total. The van der Waals surface area contributed by atoms with Gasteiger partial charge in [-0.2, -0.15) is 0 Å². The van der Waals surface area contributed by atoms with Crippen LogP contribution < -0.4 is 16.4 Å². The second kappa shape index (κ2) is 9.37. The Bertz CT molecular complexity index is 763. The van der Waals surface area contributed by atoms with Crippen LogP contribution in [0.1, 0.15) is 30.9 Å². The van der Waals surface area contributed by atoms with Crippen LogP contribution in [0.25, 0.3) is 0 Å². The van der Waals surface area contributed by atoms with E-state index >= 15 is 0 Å². The standard InChI is InChI=1S/C21H30N4O4/c1-13(23-2)20(27)24-18(14-7-9-29-10-8-14)21(28)25-12-16-6-4-3-5-15(16)11-17(25)19(22)26/h3-6,13-14,17-18,23H,7-12H2,1-2H3,(H2,22,26)(H,24,27)/t13-,17?,18-/m0/s1. The predicted octanol–water partition coefficient (Wildman–Crippen LogP) is -0.0555. The lowest BCUT2D eigenvalue weighted by Gasteiger charge is -2.40. The molecule has 1 aromatic rings. The lowest BCUT2D eigenvalue weighted by Crippen LogP contribution is -2.60. The maximum Gasteiger partial charge on any atom is 0.246 e. The van der Waals surface area contributed by atoms with E-state index in [1.165, 1.54) is 4.90 Å². The van der Waals surface area contributed by atoms with Crippen LogP contribution >= 0.6 is 0 Å². The zero-order chi connectivity index (χ0) is 21.0. The Morgan fingerprint density at radius 3 is 2.45 bits per heavy atom. The van der Waals surface area contributed by atoms with Gasteiger partial charge in [0.25, 0.3) is 0 Å². The number of carbonyl (C=O) groups excluding carboxylic acids is 3. The number of carbonyl (C=O) groups is 3. The van der Waals surface area contributed by atoms with E-state index in [9.17, 15) is 14.4 Å². The summed E-state index contributed by atoms with van der Waals surface area (Å²) in [5.41, 5.74) is 7.67. The van der Waals surface area contributed by atoms with Crippen LogP contribution in [0.5, 0.6) is 0 Å². The average molecular weight is 402 g/mol. The van der Waals surface area contributed by atoms with Gasteiger partial charge in [0.1, 0.15) is 12.1 Å². The van der Waals surface area contributed by atoms with E-state index in [-0.39, 0.29) is 17.7 Å². The molecule has 3 rings (SSSR count). The number of primary amides is 1. The molecule has 3 atom stereocenters. The Morgan fingerprint density at radius 2 is 1.83 bits per heavy atom. The minimum atomic E-state index is -0.724. The van der Waals surface area contributed by atoms with E-state index in [2.05, 4.69) is 10.6 Å². The molecular formula is C21H30N4O4. The lowest BCUT2D eigenvalue weighted by molar-refractivity contribution is -0.146. The zero-order valence-corrected chi connectivity index (χ0v) is 17.0. The summed E-state index contributed by atoms with van der Waals surface area (Å²) in [6, 6.07) is 5.88. The number of nitrogens with zero attached hydrogens (tertiary/aromatic N) is 1. The number of rotatable bonds is 6. The monoisotopic (exact) mass is 402 g/mol. The molecule has 0 aliphatic carbocycles. The predicted molar refractivity (Wildman–Crippen MR) is 108 cm³/mol. The van der Waals surface area contributed by atoms with Crippen LogP contribution in [0.3, 0.4) is 0 Å². The third-order valence-corrected chi connectivity index (χ3v) is 5.99. The van der Waals surface area contributed by atoms with E-state index in [4.69, 9.17) is 10.5 Å². The molecule has 1 fully saturated rings. The summed E-state index contributed by atoms with van der Waals surface area (Å²) in [5.74, 6) is -1.08. The summed E-state index contributed by atoms with van der Waals surface area (Å²) in [5, 5.41) is 5.81. The van der Waals surface area contributed by atoms with Gasteiger partial charge in [-0.25, -0.2) is 0 Å². The Balaban J connectivity index is 1.88. The quantitative estimate of drug-likeness (QED) is 0.617. The first-order valence-corrected chi connectivity index (χ1v) is 10.1. The summed E-state index contributed by atoms with van der Waals surface area (Å²) in [4.78, 5) is 39.9. The number of benzene rings is 1. The summed E-state index contributed by atoms with van der Waals surface area (Å²) >= 11 is 0. The van der Waals surface area contributed by atoms with Crippen LogP contribution in [0.4, 0.5) is 0 Å². The highest BCUT2D eigenvalue weighted by Crippen LogP contribution is 2.27. The summed E-state index contributed by atoms with van der Waals surface area (Å²) in [7, 11) is 1.69. The van der Waals surface area contributed by atoms with E-state index in [1.807, 2.05) is 24.3 Å². The second-order valence-corrected chi connectivity index (χ2v) is 7.80. The van der Waals surface area contributed by atoms with E-state index < -0.39 is 24.0 Å².